The maximum absolute atomic E-state index is 12.6. The quantitative estimate of drug-likeness (QED) is 0.684. The molecular formula is C19H21N3O3. The number of carbonyl (C=O) groups excluding carboxylic acids is 3. The first-order chi connectivity index (χ1) is 11.9. The lowest BCUT2D eigenvalue weighted by Crippen LogP contribution is -2.47. The van der Waals surface area contributed by atoms with Gasteiger partial charge in [-0.2, -0.15) is 0 Å². The molecule has 2 aromatic carbocycles. The Hall–Kier alpha value is -3.15. The van der Waals surface area contributed by atoms with Crippen LogP contribution in [-0.4, -0.2) is 29.2 Å². The lowest BCUT2D eigenvalue weighted by Gasteiger charge is -2.24. The number of nitrogens with zero attached hydrogens (tertiary/aromatic N) is 2. The predicted molar refractivity (Wildman–Crippen MR) is 96.6 cm³/mol. The van der Waals surface area contributed by atoms with Gasteiger partial charge in [-0.05, 0) is 36.8 Å². The Morgan fingerprint density at radius 3 is 2.04 bits per heavy atom. The number of amides is 3. The minimum Gasteiger partial charge on any atom is -0.399 e. The van der Waals surface area contributed by atoms with Crippen LogP contribution in [0, 0.1) is 0 Å². The molecule has 0 fully saturated rings. The van der Waals surface area contributed by atoms with Crippen LogP contribution in [0.25, 0.3) is 0 Å². The summed E-state index contributed by atoms with van der Waals surface area (Å²) in [4.78, 5) is 39.5. The number of nitrogen functional groups attached to an aromatic ring is 1. The molecule has 0 bridgehead atoms. The van der Waals surface area contributed by atoms with Crippen LogP contribution in [0.2, 0.25) is 0 Å². The van der Waals surface area contributed by atoms with Gasteiger partial charge in [0.1, 0.15) is 0 Å². The second-order valence-corrected chi connectivity index (χ2v) is 5.56. The van der Waals surface area contributed by atoms with Crippen molar-refractivity contribution < 1.29 is 14.4 Å². The molecular weight excluding hydrogens is 318 g/mol. The molecule has 130 valence electrons. The number of hydrogen-bond donors (Lipinski definition) is 1. The van der Waals surface area contributed by atoms with Crippen LogP contribution < -0.4 is 10.6 Å². The number of rotatable bonds is 4. The number of benzene rings is 2. The minimum atomic E-state index is -0.880. The van der Waals surface area contributed by atoms with Crippen molar-refractivity contribution in [3.8, 4) is 0 Å². The molecule has 0 aliphatic carbocycles. The number of carbonyl (C=O) groups is 3. The second kappa shape index (κ2) is 8.10. The fourth-order valence-electron chi connectivity index (χ4n) is 2.43. The van der Waals surface area contributed by atoms with Gasteiger partial charge in [0, 0.05) is 25.7 Å². The first-order valence-electron chi connectivity index (χ1n) is 7.97. The highest BCUT2D eigenvalue weighted by Crippen LogP contribution is 2.18. The van der Waals surface area contributed by atoms with Gasteiger partial charge in [-0.3, -0.25) is 14.4 Å². The van der Waals surface area contributed by atoms with Gasteiger partial charge in [-0.1, -0.05) is 30.3 Å². The Bertz CT molecular complexity index is 757. The number of anilines is 2. The largest absolute Gasteiger partial charge is 0.399 e. The lowest BCUT2D eigenvalue weighted by atomic mass is 10.2. The third-order valence-corrected chi connectivity index (χ3v) is 3.74. The molecule has 0 radical (unpaired) electrons. The Labute approximate surface area is 146 Å². The zero-order valence-electron chi connectivity index (χ0n) is 14.3. The van der Waals surface area contributed by atoms with Crippen molar-refractivity contribution in [3.05, 3.63) is 60.2 Å². The van der Waals surface area contributed by atoms with Crippen molar-refractivity contribution in [1.29, 1.82) is 0 Å². The molecule has 2 aromatic rings. The van der Waals surface area contributed by atoms with E-state index >= 15 is 0 Å². The number of imide groups is 1. The van der Waals surface area contributed by atoms with Crippen LogP contribution in [0.4, 0.5) is 11.4 Å². The molecule has 2 N–H and O–H groups in total. The highest BCUT2D eigenvalue weighted by molar-refractivity contribution is 6.45. The molecule has 0 saturated carbocycles. The predicted octanol–water partition coefficient (Wildman–Crippen LogP) is 2.20. The van der Waals surface area contributed by atoms with Crippen molar-refractivity contribution in [2.75, 3.05) is 17.2 Å². The van der Waals surface area contributed by atoms with E-state index in [1.165, 1.54) is 24.0 Å². The normalized spacial score (nSPS) is 10.2. The Kier molecular flexibility index (Phi) is 5.89. The van der Waals surface area contributed by atoms with Crippen molar-refractivity contribution in [2.24, 2.45) is 0 Å². The summed E-state index contributed by atoms with van der Waals surface area (Å²) >= 11 is 0. The van der Waals surface area contributed by atoms with E-state index in [2.05, 4.69) is 0 Å². The molecule has 0 spiro atoms. The summed E-state index contributed by atoms with van der Waals surface area (Å²) in [5, 5.41) is 0. The van der Waals surface area contributed by atoms with E-state index in [9.17, 15) is 14.4 Å². The van der Waals surface area contributed by atoms with Gasteiger partial charge < -0.3 is 10.6 Å². The van der Waals surface area contributed by atoms with E-state index < -0.39 is 17.7 Å². The maximum Gasteiger partial charge on any atom is 0.323 e. The van der Waals surface area contributed by atoms with Crippen LogP contribution in [0.5, 0.6) is 0 Å². The zero-order valence-corrected chi connectivity index (χ0v) is 14.3. The fourth-order valence-corrected chi connectivity index (χ4v) is 2.43. The van der Waals surface area contributed by atoms with Crippen LogP contribution in [-0.2, 0) is 20.9 Å². The highest BCUT2D eigenvalue weighted by Gasteiger charge is 2.30. The summed E-state index contributed by atoms with van der Waals surface area (Å²) in [6.45, 7) is 3.69. The molecule has 3 amide bonds. The standard InChI is InChI=1S/C19H21N3O3/c1-3-21(13-15-7-5-4-6-8-15)18(24)19(25)22(14(2)23)17-11-9-16(20)10-12-17/h4-12H,3,13,20H2,1-2H3. The molecule has 0 aliphatic rings. The highest BCUT2D eigenvalue weighted by atomic mass is 16.2. The summed E-state index contributed by atoms with van der Waals surface area (Å²) in [6, 6.07) is 15.6. The van der Waals surface area contributed by atoms with Crippen LogP contribution >= 0.6 is 0 Å². The average Bonchev–Trinajstić information content (AvgIpc) is 2.61. The molecule has 0 atom stereocenters. The Morgan fingerprint density at radius 2 is 1.52 bits per heavy atom. The topological polar surface area (TPSA) is 83.7 Å². The van der Waals surface area contributed by atoms with Crippen LogP contribution in [0.15, 0.2) is 54.6 Å². The molecule has 0 heterocycles. The Balaban J connectivity index is 2.23. The SMILES string of the molecule is CCN(Cc1ccccc1)C(=O)C(=O)N(C(C)=O)c1ccc(N)cc1. The molecule has 6 heteroatoms. The summed E-state index contributed by atoms with van der Waals surface area (Å²) in [7, 11) is 0. The molecule has 0 saturated heterocycles. The van der Waals surface area contributed by atoms with Crippen molar-refractivity contribution in [2.45, 2.75) is 20.4 Å². The van der Waals surface area contributed by atoms with E-state index in [0.29, 0.717) is 24.5 Å². The van der Waals surface area contributed by atoms with Crippen molar-refractivity contribution in [3.63, 3.8) is 0 Å². The van der Waals surface area contributed by atoms with Gasteiger partial charge in [0.2, 0.25) is 5.91 Å². The molecule has 25 heavy (non-hydrogen) atoms. The molecule has 2 rings (SSSR count). The Morgan fingerprint density at radius 1 is 0.920 bits per heavy atom. The molecule has 0 aliphatic heterocycles. The maximum atomic E-state index is 12.6. The summed E-state index contributed by atoms with van der Waals surface area (Å²) in [6.07, 6.45) is 0. The minimum absolute atomic E-state index is 0.301. The summed E-state index contributed by atoms with van der Waals surface area (Å²) in [5.74, 6) is -2.13. The fraction of sp³-hybridized carbons (Fsp3) is 0.211. The van der Waals surface area contributed by atoms with Gasteiger partial charge in [0.05, 0.1) is 5.69 Å². The van der Waals surface area contributed by atoms with Gasteiger partial charge in [0.25, 0.3) is 0 Å². The first-order valence-corrected chi connectivity index (χ1v) is 7.97. The van der Waals surface area contributed by atoms with Crippen molar-refractivity contribution >= 4 is 29.1 Å². The number of hydrogen-bond acceptors (Lipinski definition) is 4. The van der Waals surface area contributed by atoms with E-state index in [4.69, 9.17) is 5.73 Å². The van der Waals surface area contributed by atoms with E-state index in [1.807, 2.05) is 30.3 Å². The van der Waals surface area contributed by atoms with E-state index in [1.54, 1.807) is 19.1 Å². The number of nitrogens with two attached hydrogens (primary N) is 1. The molecule has 0 unspecified atom stereocenters. The number of likely N-dealkylation sites (N-methyl/N-ethyl adjacent to an activating group) is 1. The average molecular weight is 339 g/mol. The lowest BCUT2D eigenvalue weighted by molar-refractivity contribution is -0.145. The first kappa shape index (κ1) is 18.2. The summed E-state index contributed by atoms with van der Waals surface area (Å²) in [5.41, 5.74) is 7.36. The monoisotopic (exact) mass is 339 g/mol. The third-order valence-electron chi connectivity index (χ3n) is 3.74. The van der Waals surface area contributed by atoms with Crippen LogP contribution in [0.3, 0.4) is 0 Å². The van der Waals surface area contributed by atoms with Gasteiger partial charge in [0.15, 0.2) is 0 Å². The van der Waals surface area contributed by atoms with Gasteiger partial charge in [-0.15, -0.1) is 0 Å². The molecule has 6 nitrogen and oxygen atoms in total. The van der Waals surface area contributed by atoms with Crippen LogP contribution in [0.1, 0.15) is 19.4 Å². The van der Waals surface area contributed by atoms with E-state index in [0.717, 1.165) is 10.5 Å². The smallest absolute Gasteiger partial charge is 0.323 e. The zero-order chi connectivity index (χ0) is 18.4. The van der Waals surface area contributed by atoms with Gasteiger partial charge in [-0.25, -0.2) is 4.90 Å². The van der Waals surface area contributed by atoms with Gasteiger partial charge >= 0.3 is 11.8 Å². The third kappa shape index (κ3) is 4.44. The molecule has 0 aromatic heterocycles. The second-order valence-electron chi connectivity index (χ2n) is 5.56. The van der Waals surface area contributed by atoms with Crippen molar-refractivity contribution in [1.82, 2.24) is 4.90 Å². The van der Waals surface area contributed by atoms with E-state index in [-0.39, 0.29) is 0 Å². The summed E-state index contributed by atoms with van der Waals surface area (Å²) < 4.78 is 0.